The number of nitrogens with zero attached hydrogens (tertiary/aromatic N) is 1. The van der Waals surface area contributed by atoms with Crippen molar-refractivity contribution >= 4 is 28.2 Å². The van der Waals surface area contributed by atoms with Gasteiger partial charge in [-0.1, -0.05) is 36.8 Å². The molecular formula is C25H29N3O. The van der Waals surface area contributed by atoms with Gasteiger partial charge in [-0.2, -0.15) is 0 Å². The molecule has 3 aromatic rings. The van der Waals surface area contributed by atoms with Crippen LogP contribution in [-0.4, -0.2) is 10.9 Å². The highest BCUT2D eigenvalue weighted by atomic mass is 16.1. The summed E-state index contributed by atoms with van der Waals surface area (Å²) >= 11 is 0. The van der Waals surface area contributed by atoms with Crippen LogP contribution in [0, 0.1) is 0 Å². The van der Waals surface area contributed by atoms with Crippen molar-refractivity contribution in [1.29, 1.82) is 0 Å². The summed E-state index contributed by atoms with van der Waals surface area (Å²) in [6.45, 7) is 0. The zero-order valence-corrected chi connectivity index (χ0v) is 16.9. The Balaban J connectivity index is 1.31. The SMILES string of the molecule is Nc1c2c(nc3ccc(NC(=O)CCCCCc4ccccc4)cc13)CCCC2. The predicted molar refractivity (Wildman–Crippen MR) is 120 cm³/mol. The van der Waals surface area contributed by atoms with Gasteiger partial charge in [-0.05, 0) is 74.3 Å². The number of anilines is 2. The van der Waals surface area contributed by atoms with E-state index in [0.717, 1.165) is 66.5 Å². The molecule has 0 atom stereocenters. The van der Waals surface area contributed by atoms with Crippen LogP contribution in [-0.2, 0) is 24.1 Å². The number of nitrogen functional groups attached to an aromatic ring is 1. The lowest BCUT2D eigenvalue weighted by molar-refractivity contribution is -0.116. The van der Waals surface area contributed by atoms with Crippen molar-refractivity contribution in [2.24, 2.45) is 0 Å². The van der Waals surface area contributed by atoms with E-state index >= 15 is 0 Å². The van der Waals surface area contributed by atoms with Gasteiger partial charge in [0.2, 0.25) is 5.91 Å². The summed E-state index contributed by atoms with van der Waals surface area (Å²) in [5.41, 5.74) is 12.7. The lowest BCUT2D eigenvalue weighted by Crippen LogP contribution is -2.12. The normalized spacial score (nSPS) is 13.2. The topological polar surface area (TPSA) is 68.0 Å². The molecule has 1 aliphatic rings. The molecule has 4 nitrogen and oxygen atoms in total. The number of nitrogens with two attached hydrogens (primary N) is 1. The monoisotopic (exact) mass is 387 g/mol. The average Bonchev–Trinajstić information content (AvgIpc) is 2.75. The lowest BCUT2D eigenvalue weighted by Gasteiger charge is -2.19. The summed E-state index contributed by atoms with van der Waals surface area (Å²) in [4.78, 5) is 17.1. The van der Waals surface area contributed by atoms with Crippen LogP contribution in [0.4, 0.5) is 11.4 Å². The number of hydrogen-bond acceptors (Lipinski definition) is 3. The summed E-state index contributed by atoms with van der Waals surface area (Å²) in [6, 6.07) is 16.4. The van der Waals surface area contributed by atoms with Crippen LogP contribution in [0.25, 0.3) is 10.9 Å². The Kier molecular flexibility index (Phi) is 6.09. The third kappa shape index (κ3) is 4.76. The number of nitrogens with one attached hydrogen (secondary N) is 1. The van der Waals surface area contributed by atoms with Crippen LogP contribution >= 0.6 is 0 Å². The van der Waals surface area contributed by atoms with E-state index < -0.39 is 0 Å². The van der Waals surface area contributed by atoms with Crippen LogP contribution in [0.2, 0.25) is 0 Å². The molecule has 0 saturated heterocycles. The molecule has 4 rings (SSSR count). The van der Waals surface area contributed by atoms with Gasteiger partial charge in [0.1, 0.15) is 0 Å². The van der Waals surface area contributed by atoms with E-state index in [4.69, 9.17) is 10.7 Å². The number of pyridine rings is 1. The van der Waals surface area contributed by atoms with E-state index in [1.54, 1.807) is 0 Å². The van der Waals surface area contributed by atoms with Gasteiger partial charge in [-0.15, -0.1) is 0 Å². The Morgan fingerprint density at radius 3 is 2.69 bits per heavy atom. The summed E-state index contributed by atoms with van der Waals surface area (Å²) in [5, 5.41) is 3.98. The molecule has 0 spiro atoms. The first kappa shape index (κ1) is 19.4. The van der Waals surface area contributed by atoms with Crippen LogP contribution in [0.3, 0.4) is 0 Å². The van der Waals surface area contributed by atoms with Crippen molar-refractivity contribution in [3.63, 3.8) is 0 Å². The van der Waals surface area contributed by atoms with E-state index in [-0.39, 0.29) is 5.91 Å². The molecule has 0 unspecified atom stereocenters. The maximum atomic E-state index is 12.3. The van der Waals surface area contributed by atoms with Gasteiger partial charge in [0.05, 0.1) is 5.52 Å². The van der Waals surface area contributed by atoms with E-state index in [1.165, 1.54) is 24.0 Å². The van der Waals surface area contributed by atoms with Gasteiger partial charge < -0.3 is 11.1 Å². The highest BCUT2D eigenvalue weighted by Gasteiger charge is 2.16. The Morgan fingerprint density at radius 2 is 1.83 bits per heavy atom. The molecule has 0 fully saturated rings. The highest BCUT2D eigenvalue weighted by Crippen LogP contribution is 2.32. The minimum absolute atomic E-state index is 0.0635. The molecule has 1 aliphatic carbocycles. The number of hydrogen-bond donors (Lipinski definition) is 2. The van der Waals surface area contributed by atoms with Crippen molar-refractivity contribution < 1.29 is 4.79 Å². The third-order valence-electron chi connectivity index (χ3n) is 5.80. The zero-order chi connectivity index (χ0) is 20.1. The van der Waals surface area contributed by atoms with Gasteiger partial charge in [-0.25, -0.2) is 0 Å². The first-order valence-corrected chi connectivity index (χ1v) is 10.8. The Morgan fingerprint density at radius 1 is 1.00 bits per heavy atom. The molecule has 29 heavy (non-hydrogen) atoms. The lowest BCUT2D eigenvalue weighted by atomic mass is 9.93. The number of aromatic nitrogens is 1. The molecule has 0 saturated carbocycles. The Labute approximate surface area is 172 Å². The maximum Gasteiger partial charge on any atom is 0.224 e. The minimum Gasteiger partial charge on any atom is -0.398 e. The molecule has 150 valence electrons. The van der Waals surface area contributed by atoms with Crippen molar-refractivity contribution in [2.75, 3.05) is 11.1 Å². The summed E-state index contributed by atoms with van der Waals surface area (Å²) in [6.07, 6.45) is 9.07. The first-order valence-electron chi connectivity index (χ1n) is 10.8. The number of carbonyl (C=O) groups is 1. The van der Waals surface area contributed by atoms with Gasteiger partial charge in [-0.3, -0.25) is 9.78 Å². The number of rotatable bonds is 7. The number of unbranched alkanes of at least 4 members (excludes halogenated alkanes) is 2. The van der Waals surface area contributed by atoms with E-state index in [1.807, 2.05) is 24.3 Å². The molecule has 0 radical (unpaired) electrons. The molecule has 1 aromatic heterocycles. The van der Waals surface area contributed by atoms with Crippen molar-refractivity contribution in [1.82, 2.24) is 4.98 Å². The average molecular weight is 388 g/mol. The molecule has 0 bridgehead atoms. The van der Waals surface area contributed by atoms with Crippen LogP contribution < -0.4 is 11.1 Å². The smallest absolute Gasteiger partial charge is 0.224 e. The fourth-order valence-corrected chi connectivity index (χ4v) is 4.20. The minimum atomic E-state index is 0.0635. The molecule has 4 heteroatoms. The molecule has 2 aromatic carbocycles. The van der Waals surface area contributed by atoms with Crippen LogP contribution in [0.1, 0.15) is 55.3 Å². The third-order valence-corrected chi connectivity index (χ3v) is 5.80. The molecular weight excluding hydrogens is 358 g/mol. The van der Waals surface area contributed by atoms with Gasteiger partial charge in [0, 0.05) is 28.9 Å². The molecule has 3 N–H and O–H groups in total. The number of amides is 1. The predicted octanol–water partition coefficient (Wildman–Crippen LogP) is 5.44. The van der Waals surface area contributed by atoms with Crippen molar-refractivity contribution in [2.45, 2.75) is 57.8 Å². The number of aryl methyl sites for hydroxylation is 2. The fraction of sp³-hybridized carbons (Fsp3) is 0.360. The number of fused-ring (bicyclic) bond motifs is 2. The molecule has 1 amide bonds. The summed E-state index contributed by atoms with van der Waals surface area (Å²) in [7, 11) is 0. The van der Waals surface area contributed by atoms with Crippen molar-refractivity contribution in [3.8, 4) is 0 Å². The second-order valence-electron chi connectivity index (χ2n) is 7.98. The van der Waals surface area contributed by atoms with Crippen LogP contribution in [0.15, 0.2) is 48.5 Å². The van der Waals surface area contributed by atoms with E-state index in [9.17, 15) is 4.79 Å². The van der Waals surface area contributed by atoms with Crippen LogP contribution in [0.5, 0.6) is 0 Å². The number of carbonyl (C=O) groups excluding carboxylic acids is 1. The highest BCUT2D eigenvalue weighted by molar-refractivity contribution is 5.98. The Bertz CT molecular complexity index is 998. The maximum absolute atomic E-state index is 12.3. The first-order chi connectivity index (χ1) is 14.2. The Hall–Kier alpha value is -2.88. The van der Waals surface area contributed by atoms with Gasteiger partial charge in [0.15, 0.2) is 0 Å². The second-order valence-corrected chi connectivity index (χ2v) is 7.98. The zero-order valence-electron chi connectivity index (χ0n) is 16.9. The number of benzene rings is 2. The summed E-state index contributed by atoms with van der Waals surface area (Å²) < 4.78 is 0. The van der Waals surface area contributed by atoms with Gasteiger partial charge >= 0.3 is 0 Å². The van der Waals surface area contributed by atoms with Crippen molar-refractivity contribution in [3.05, 3.63) is 65.4 Å². The van der Waals surface area contributed by atoms with E-state index in [0.29, 0.717) is 6.42 Å². The molecule has 1 heterocycles. The summed E-state index contributed by atoms with van der Waals surface area (Å²) in [5.74, 6) is 0.0635. The second kappa shape index (κ2) is 9.08. The standard InChI is InChI=1S/C25H29N3O/c26-25-20-12-7-8-13-22(20)28-23-16-15-19(17-21(23)25)27-24(29)14-6-2-5-11-18-9-3-1-4-10-18/h1,3-4,9-10,15-17H,2,5-8,11-14H2,(H2,26,28)(H,27,29). The quantitative estimate of drug-likeness (QED) is 0.531. The van der Waals surface area contributed by atoms with E-state index in [2.05, 4.69) is 29.6 Å². The largest absolute Gasteiger partial charge is 0.398 e. The fourth-order valence-electron chi connectivity index (χ4n) is 4.20. The van der Waals surface area contributed by atoms with Gasteiger partial charge in [0.25, 0.3) is 0 Å². The molecule has 0 aliphatic heterocycles.